The van der Waals surface area contributed by atoms with E-state index in [-0.39, 0.29) is 5.56 Å². The van der Waals surface area contributed by atoms with Crippen LogP contribution in [0.1, 0.15) is 126 Å². The lowest BCUT2D eigenvalue weighted by atomic mass is 10.0. The van der Waals surface area contributed by atoms with Crippen molar-refractivity contribution in [1.82, 2.24) is 0 Å². The fourth-order valence-corrected chi connectivity index (χ4v) is 4.23. The van der Waals surface area contributed by atoms with Gasteiger partial charge in [-0.15, -0.1) is 0 Å². The van der Waals surface area contributed by atoms with Gasteiger partial charge in [0.05, 0.1) is 0 Å². The molecule has 1 aromatic carbocycles. The maximum atomic E-state index is 11.3. The molecule has 0 atom stereocenters. The van der Waals surface area contributed by atoms with Crippen LogP contribution < -0.4 is 3.07 Å². The van der Waals surface area contributed by atoms with E-state index < -0.39 is 5.97 Å². The molecule has 3 nitrogen and oxygen atoms in total. The number of hydrogen-bond donors (Lipinski definition) is 1. The minimum atomic E-state index is -0.925. The van der Waals surface area contributed by atoms with Crippen molar-refractivity contribution in [3.63, 3.8) is 0 Å². The second kappa shape index (κ2) is 18.0. The van der Waals surface area contributed by atoms with Crippen LogP contribution in [0.2, 0.25) is 0 Å². The molecule has 0 bridgehead atoms. The van der Waals surface area contributed by atoms with Crippen LogP contribution in [0.3, 0.4) is 0 Å². The van der Waals surface area contributed by atoms with Crippen molar-refractivity contribution in [2.24, 2.45) is 0 Å². The van der Waals surface area contributed by atoms with Crippen molar-refractivity contribution < 1.29 is 13.0 Å². The molecule has 4 heteroatoms. The fraction of sp³-hybridized carbons (Fsp3) is 0.720. The lowest BCUT2D eigenvalue weighted by molar-refractivity contribution is 0.0695. The molecule has 0 aliphatic rings. The zero-order valence-corrected chi connectivity index (χ0v) is 20.6. The number of carboxylic acids is 1. The Hall–Kier alpha value is -0.780. The zero-order chi connectivity index (χ0) is 21.2. The molecule has 0 amide bonds. The van der Waals surface area contributed by atoms with Crippen molar-refractivity contribution >= 4 is 29.0 Å². The van der Waals surface area contributed by atoms with Crippen LogP contribution >= 0.6 is 23.0 Å². The number of benzene rings is 1. The summed E-state index contributed by atoms with van der Waals surface area (Å²) in [7, 11) is 0. The fourth-order valence-electron chi connectivity index (χ4n) is 3.84. The van der Waals surface area contributed by atoms with E-state index in [4.69, 9.17) is 3.07 Å². The van der Waals surface area contributed by atoms with Crippen molar-refractivity contribution in [3.8, 4) is 5.75 Å². The summed E-state index contributed by atoms with van der Waals surface area (Å²) in [6.45, 7) is 2.28. The molecule has 166 valence electrons. The van der Waals surface area contributed by atoms with E-state index in [0.29, 0.717) is 5.75 Å². The number of aromatic carboxylic acids is 1. The summed E-state index contributed by atoms with van der Waals surface area (Å²) in [6.07, 6.45) is 22.8. The SMILES string of the molecule is CCCCCCCCCCCCCCCCCCc1ccc(OI)c(C(=O)O)c1. The smallest absolute Gasteiger partial charge is 0.339 e. The summed E-state index contributed by atoms with van der Waals surface area (Å²) in [5.41, 5.74) is 1.35. The maximum Gasteiger partial charge on any atom is 0.339 e. The number of hydrogen-bond acceptors (Lipinski definition) is 2. The Morgan fingerprint density at radius 3 is 1.66 bits per heavy atom. The quantitative estimate of drug-likeness (QED) is 0.148. The summed E-state index contributed by atoms with van der Waals surface area (Å²) in [5.74, 6) is -0.501. The van der Waals surface area contributed by atoms with Crippen molar-refractivity contribution in [1.29, 1.82) is 0 Å². The highest BCUT2D eigenvalue weighted by Crippen LogP contribution is 2.23. The molecular weight excluding hydrogens is 475 g/mol. The van der Waals surface area contributed by atoms with Crippen LogP contribution in [0.15, 0.2) is 18.2 Å². The predicted octanol–water partition coefficient (Wildman–Crippen LogP) is 8.92. The lowest BCUT2D eigenvalue weighted by Crippen LogP contribution is -2.00. The van der Waals surface area contributed by atoms with Gasteiger partial charge < -0.3 is 8.17 Å². The Morgan fingerprint density at radius 2 is 1.24 bits per heavy atom. The van der Waals surface area contributed by atoms with Crippen LogP contribution in [-0.4, -0.2) is 11.1 Å². The van der Waals surface area contributed by atoms with Gasteiger partial charge in [-0.1, -0.05) is 109 Å². The van der Waals surface area contributed by atoms with E-state index in [1.165, 1.54) is 96.3 Å². The number of unbranched alkanes of at least 4 members (excludes halogenated alkanes) is 15. The van der Waals surface area contributed by atoms with E-state index in [1.807, 2.05) is 6.07 Å². The van der Waals surface area contributed by atoms with E-state index >= 15 is 0 Å². The highest BCUT2D eigenvalue weighted by atomic mass is 127. The van der Waals surface area contributed by atoms with Crippen LogP contribution in [0.5, 0.6) is 5.75 Å². The molecule has 29 heavy (non-hydrogen) atoms. The average molecular weight is 517 g/mol. The molecule has 0 aromatic heterocycles. The van der Waals surface area contributed by atoms with Gasteiger partial charge >= 0.3 is 5.97 Å². The van der Waals surface area contributed by atoms with Crippen molar-refractivity contribution in [2.75, 3.05) is 0 Å². The molecule has 0 radical (unpaired) electrons. The Morgan fingerprint density at radius 1 is 0.793 bits per heavy atom. The predicted molar refractivity (Wildman–Crippen MR) is 131 cm³/mol. The molecular formula is C25H41IO3. The molecule has 0 aliphatic carbocycles. The summed E-state index contributed by atoms with van der Waals surface area (Å²) in [6, 6.07) is 5.49. The first-order valence-electron chi connectivity index (χ1n) is 11.8. The Balaban J connectivity index is 1.93. The Labute approximate surface area is 192 Å². The molecule has 1 N–H and O–H groups in total. The van der Waals surface area contributed by atoms with Gasteiger partial charge in [0.15, 0.2) is 23.0 Å². The van der Waals surface area contributed by atoms with E-state index in [1.54, 1.807) is 35.1 Å². The summed E-state index contributed by atoms with van der Waals surface area (Å²) in [4.78, 5) is 11.3. The molecule has 0 spiro atoms. The van der Waals surface area contributed by atoms with Crippen molar-refractivity contribution in [2.45, 2.75) is 116 Å². The van der Waals surface area contributed by atoms with Crippen LogP contribution in [0, 0.1) is 0 Å². The Bertz CT molecular complexity index is 545. The molecule has 0 saturated heterocycles. The largest absolute Gasteiger partial charge is 0.478 e. The van der Waals surface area contributed by atoms with Gasteiger partial charge in [0.1, 0.15) is 11.3 Å². The molecule has 0 unspecified atom stereocenters. The van der Waals surface area contributed by atoms with Crippen LogP contribution in [0.25, 0.3) is 0 Å². The first-order chi connectivity index (χ1) is 14.2. The lowest BCUT2D eigenvalue weighted by Gasteiger charge is -2.07. The monoisotopic (exact) mass is 516 g/mol. The highest BCUT2D eigenvalue weighted by molar-refractivity contribution is 14.1. The van der Waals surface area contributed by atoms with Gasteiger partial charge in [-0.2, -0.15) is 0 Å². The number of halogens is 1. The number of carboxylic acid groups (broad SMARTS) is 1. The van der Waals surface area contributed by atoms with Gasteiger partial charge in [-0.25, -0.2) is 4.79 Å². The molecule has 1 rings (SSSR count). The molecule has 1 aromatic rings. The first-order valence-corrected chi connectivity index (χ1v) is 12.7. The molecule has 0 fully saturated rings. The van der Waals surface area contributed by atoms with E-state index in [2.05, 4.69) is 6.92 Å². The third-order valence-electron chi connectivity index (χ3n) is 5.68. The summed E-state index contributed by atoms with van der Waals surface area (Å²) in [5, 5.41) is 9.25. The first kappa shape index (κ1) is 26.3. The maximum absolute atomic E-state index is 11.3. The van der Waals surface area contributed by atoms with Gasteiger partial charge in [0.25, 0.3) is 0 Å². The zero-order valence-electron chi connectivity index (χ0n) is 18.4. The van der Waals surface area contributed by atoms with Crippen LogP contribution in [-0.2, 0) is 6.42 Å². The van der Waals surface area contributed by atoms with Gasteiger partial charge in [-0.05, 0) is 30.5 Å². The Kier molecular flexibility index (Phi) is 16.3. The summed E-state index contributed by atoms with van der Waals surface area (Å²) < 4.78 is 5.09. The second-order valence-electron chi connectivity index (χ2n) is 8.27. The minimum Gasteiger partial charge on any atom is -0.478 e. The molecule has 0 heterocycles. The second-order valence-corrected chi connectivity index (χ2v) is 8.71. The minimum absolute atomic E-state index is 0.258. The molecule has 0 saturated carbocycles. The van der Waals surface area contributed by atoms with E-state index in [0.717, 1.165) is 18.4 Å². The number of rotatable bonds is 19. The standard InChI is InChI=1S/C25H41IO3/c1-2-3-4-5-6-7-8-9-10-11-12-13-14-15-16-17-18-22-19-20-24(29-26)23(21-22)25(27)28/h19-21H,2-18H2,1H3,(H,27,28). The van der Waals surface area contributed by atoms with Crippen LogP contribution in [0.4, 0.5) is 0 Å². The topological polar surface area (TPSA) is 46.5 Å². The third kappa shape index (κ3) is 13.2. The van der Waals surface area contributed by atoms with Gasteiger partial charge in [0, 0.05) is 0 Å². The molecule has 0 aliphatic heterocycles. The third-order valence-corrected chi connectivity index (χ3v) is 6.15. The average Bonchev–Trinajstić information content (AvgIpc) is 2.73. The van der Waals surface area contributed by atoms with Gasteiger partial charge in [-0.3, -0.25) is 0 Å². The van der Waals surface area contributed by atoms with Crippen molar-refractivity contribution in [3.05, 3.63) is 29.3 Å². The number of aryl methyl sites for hydroxylation is 1. The highest BCUT2D eigenvalue weighted by Gasteiger charge is 2.11. The van der Waals surface area contributed by atoms with Gasteiger partial charge in [0.2, 0.25) is 0 Å². The van der Waals surface area contributed by atoms with E-state index in [9.17, 15) is 9.90 Å². The number of carbonyl (C=O) groups is 1. The summed E-state index contributed by atoms with van der Waals surface area (Å²) >= 11 is 1.73. The normalized spacial score (nSPS) is 11.0.